The molecule has 0 spiro atoms. The van der Waals surface area contributed by atoms with Crippen LogP contribution in [-0.4, -0.2) is 39.6 Å². The molecule has 2 aromatic rings. The maximum absolute atomic E-state index is 12.3. The Hall–Kier alpha value is -2.37. The van der Waals surface area contributed by atoms with Crippen LogP contribution in [0.5, 0.6) is 0 Å². The van der Waals surface area contributed by atoms with Crippen LogP contribution >= 0.6 is 0 Å². The number of likely N-dealkylation sites (tertiary alicyclic amines) is 1. The minimum Gasteiger partial charge on any atom is -0.449 e. The van der Waals surface area contributed by atoms with Gasteiger partial charge >= 0.3 is 6.09 Å². The smallest absolute Gasteiger partial charge is 0.416 e. The molecule has 0 bridgehead atoms. The Bertz CT molecular complexity index is 737. The highest BCUT2D eigenvalue weighted by Gasteiger charge is 2.43. The van der Waals surface area contributed by atoms with Gasteiger partial charge in [-0.05, 0) is 19.1 Å². The minimum atomic E-state index is -0.569. The SMILES string of the molecule is CCOC(=O)N1CC(c2nc3ccccc3n2C)C(C)C1=O. The quantitative estimate of drug-likeness (QED) is 0.853. The molecule has 0 radical (unpaired) electrons. The van der Waals surface area contributed by atoms with Crippen LogP contribution in [-0.2, 0) is 16.6 Å². The van der Waals surface area contributed by atoms with Crippen LogP contribution in [0.4, 0.5) is 4.79 Å². The van der Waals surface area contributed by atoms with Crippen molar-refractivity contribution in [3.8, 4) is 0 Å². The number of benzene rings is 1. The molecule has 3 rings (SSSR count). The van der Waals surface area contributed by atoms with Gasteiger partial charge in [-0.25, -0.2) is 14.7 Å². The number of aryl methyl sites for hydroxylation is 1. The molecule has 116 valence electrons. The number of hydrogen-bond acceptors (Lipinski definition) is 4. The first-order chi connectivity index (χ1) is 10.5. The lowest BCUT2D eigenvalue weighted by Crippen LogP contribution is -2.33. The highest BCUT2D eigenvalue weighted by molar-refractivity contribution is 5.95. The van der Waals surface area contributed by atoms with Crippen LogP contribution in [0.25, 0.3) is 11.0 Å². The molecule has 1 aromatic carbocycles. The number of aromatic nitrogens is 2. The van der Waals surface area contributed by atoms with Crippen molar-refractivity contribution in [2.75, 3.05) is 13.2 Å². The monoisotopic (exact) mass is 301 g/mol. The summed E-state index contributed by atoms with van der Waals surface area (Å²) < 4.78 is 6.96. The molecule has 1 aliphatic heterocycles. The standard InChI is InChI=1S/C16H19N3O3/c1-4-22-16(21)19-9-11(10(2)15(19)20)14-17-12-7-5-6-8-13(12)18(14)3/h5-8,10-11H,4,9H2,1-3H3. The number of imide groups is 1. The molecular weight excluding hydrogens is 282 g/mol. The largest absolute Gasteiger partial charge is 0.449 e. The Morgan fingerprint density at radius 2 is 2.14 bits per heavy atom. The predicted octanol–water partition coefficient (Wildman–Crippen LogP) is 2.29. The van der Waals surface area contributed by atoms with Crippen molar-refractivity contribution in [3.05, 3.63) is 30.1 Å². The van der Waals surface area contributed by atoms with Crippen molar-refractivity contribution in [1.82, 2.24) is 14.5 Å². The van der Waals surface area contributed by atoms with Gasteiger partial charge in [-0.3, -0.25) is 4.79 Å². The molecule has 2 amide bonds. The Morgan fingerprint density at radius 1 is 1.41 bits per heavy atom. The van der Waals surface area contributed by atoms with Crippen LogP contribution in [0.15, 0.2) is 24.3 Å². The molecule has 0 aliphatic carbocycles. The molecule has 1 aromatic heterocycles. The van der Waals surface area contributed by atoms with E-state index in [9.17, 15) is 9.59 Å². The average molecular weight is 301 g/mol. The molecule has 22 heavy (non-hydrogen) atoms. The van der Waals surface area contributed by atoms with E-state index in [1.165, 1.54) is 4.90 Å². The molecular formula is C16H19N3O3. The van der Waals surface area contributed by atoms with E-state index in [0.717, 1.165) is 16.9 Å². The van der Waals surface area contributed by atoms with E-state index in [1.807, 2.05) is 42.8 Å². The number of imidazole rings is 1. The van der Waals surface area contributed by atoms with Crippen LogP contribution < -0.4 is 0 Å². The van der Waals surface area contributed by atoms with Crippen LogP contribution in [0.2, 0.25) is 0 Å². The van der Waals surface area contributed by atoms with E-state index in [1.54, 1.807) is 6.92 Å². The second-order valence-electron chi connectivity index (χ2n) is 5.56. The van der Waals surface area contributed by atoms with Gasteiger partial charge in [0.2, 0.25) is 5.91 Å². The molecule has 6 nitrogen and oxygen atoms in total. The van der Waals surface area contributed by atoms with Crippen molar-refractivity contribution in [2.45, 2.75) is 19.8 Å². The fourth-order valence-electron chi connectivity index (χ4n) is 3.03. The van der Waals surface area contributed by atoms with Crippen molar-refractivity contribution in [1.29, 1.82) is 0 Å². The number of carbonyl (C=O) groups excluding carboxylic acids is 2. The zero-order valence-corrected chi connectivity index (χ0v) is 12.9. The number of nitrogens with zero attached hydrogens (tertiary/aromatic N) is 3. The Morgan fingerprint density at radius 3 is 2.82 bits per heavy atom. The zero-order valence-electron chi connectivity index (χ0n) is 12.9. The minimum absolute atomic E-state index is 0.116. The van der Waals surface area contributed by atoms with Gasteiger partial charge in [-0.15, -0.1) is 0 Å². The number of hydrogen-bond donors (Lipinski definition) is 0. The topological polar surface area (TPSA) is 64.4 Å². The average Bonchev–Trinajstić information content (AvgIpc) is 2.99. The Labute approximate surface area is 128 Å². The van der Waals surface area contributed by atoms with Gasteiger partial charge in [0, 0.05) is 25.4 Å². The predicted molar refractivity (Wildman–Crippen MR) is 81.4 cm³/mol. The summed E-state index contributed by atoms with van der Waals surface area (Å²) in [4.78, 5) is 30.1. The van der Waals surface area contributed by atoms with Gasteiger partial charge < -0.3 is 9.30 Å². The first-order valence-corrected chi connectivity index (χ1v) is 7.44. The third-order valence-electron chi connectivity index (χ3n) is 4.28. The van der Waals surface area contributed by atoms with E-state index in [-0.39, 0.29) is 24.3 Å². The van der Waals surface area contributed by atoms with Gasteiger partial charge in [-0.1, -0.05) is 19.1 Å². The fourth-order valence-corrected chi connectivity index (χ4v) is 3.03. The van der Waals surface area contributed by atoms with Gasteiger partial charge in [0.05, 0.1) is 17.6 Å². The summed E-state index contributed by atoms with van der Waals surface area (Å²) in [5.41, 5.74) is 1.92. The first kappa shape index (κ1) is 14.6. The number of ether oxygens (including phenoxy) is 1. The first-order valence-electron chi connectivity index (χ1n) is 7.44. The van der Waals surface area contributed by atoms with E-state index in [4.69, 9.17) is 4.74 Å². The van der Waals surface area contributed by atoms with E-state index in [2.05, 4.69) is 4.98 Å². The molecule has 2 heterocycles. The van der Waals surface area contributed by atoms with E-state index >= 15 is 0 Å². The molecule has 6 heteroatoms. The molecule has 0 N–H and O–H groups in total. The summed E-state index contributed by atoms with van der Waals surface area (Å²) in [6.07, 6.45) is -0.569. The molecule has 2 atom stereocenters. The number of para-hydroxylation sites is 2. The summed E-state index contributed by atoms with van der Waals surface area (Å²) in [5, 5.41) is 0. The fraction of sp³-hybridized carbons (Fsp3) is 0.438. The van der Waals surface area contributed by atoms with E-state index < -0.39 is 6.09 Å². The summed E-state index contributed by atoms with van der Waals surface area (Å²) in [6.45, 7) is 4.14. The van der Waals surface area contributed by atoms with Crippen molar-refractivity contribution in [3.63, 3.8) is 0 Å². The van der Waals surface area contributed by atoms with Gasteiger partial charge in [0.25, 0.3) is 0 Å². The van der Waals surface area contributed by atoms with Gasteiger partial charge in [-0.2, -0.15) is 0 Å². The number of rotatable bonds is 2. The highest BCUT2D eigenvalue weighted by atomic mass is 16.6. The maximum atomic E-state index is 12.3. The van der Waals surface area contributed by atoms with Crippen molar-refractivity contribution < 1.29 is 14.3 Å². The summed E-state index contributed by atoms with van der Waals surface area (Å²) in [6, 6.07) is 7.84. The summed E-state index contributed by atoms with van der Waals surface area (Å²) >= 11 is 0. The lowest BCUT2D eigenvalue weighted by molar-refractivity contribution is -0.129. The molecule has 1 saturated heterocycles. The summed E-state index contributed by atoms with van der Waals surface area (Å²) in [5.74, 6) is 0.221. The highest BCUT2D eigenvalue weighted by Crippen LogP contribution is 2.34. The molecule has 0 saturated carbocycles. The molecule has 1 fully saturated rings. The molecule has 1 aliphatic rings. The lowest BCUT2D eigenvalue weighted by atomic mass is 9.97. The van der Waals surface area contributed by atoms with Crippen molar-refractivity contribution >= 4 is 23.0 Å². The zero-order chi connectivity index (χ0) is 15.9. The maximum Gasteiger partial charge on any atom is 0.416 e. The van der Waals surface area contributed by atoms with E-state index in [0.29, 0.717) is 6.54 Å². The number of amides is 2. The van der Waals surface area contributed by atoms with Crippen LogP contribution in [0.1, 0.15) is 25.6 Å². The normalized spacial score (nSPS) is 21.6. The Kier molecular flexibility index (Phi) is 3.60. The second kappa shape index (κ2) is 5.44. The van der Waals surface area contributed by atoms with Crippen LogP contribution in [0.3, 0.4) is 0 Å². The third-order valence-corrected chi connectivity index (χ3v) is 4.28. The second-order valence-corrected chi connectivity index (χ2v) is 5.56. The van der Waals surface area contributed by atoms with Gasteiger partial charge in [0.15, 0.2) is 0 Å². The molecule has 2 unspecified atom stereocenters. The Balaban J connectivity index is 1.95. The third kappa shape index (κ3) is 2.15. The number of carbonyl (C=O) groups is 2. The number of fused-ring (bicyclic) bond motifs is 1. The lowest BCUT2D eigenvalue weighted by Gasteiger charge is -2.14. The van der Waals surface area contributed by atoms with Crippen LogP contribution in [0, 0.1) is 5.92 Å². The van der Waals surface area contributed by atoms with Gasteiger partial charge in [0.1, 0.15) is 5.82 Å². The summed E-state index contributed by atoms with van der Waals surface area (Å²) in [7, 11) is 1.94. The van der Waals surface area contributed by atoms with Crippen molar-refractivity contribution in [2.24, 2.45) is 13.0 Å².